The van der Waals surface area contributed by atoms with Crippen LogP contribution in [0.1, 0.15) is 46.5 Å². The Morgan fingerprint density at radius 1 is 1.32 bits per heavy atom. The molecule has 0 aromatic rings. The minimum absolute atomic E-state index is 0.000578. The van der Waals surface area contributed by atoms with E-state index in [9.17, 15) is 23.2 Å². The van der Waals surface area contributed by atoms with Crippen LogP contribution in [-0.4, -0.2) is 60.3 Å². The lowest BCUT2D eigenvalue weighted by atomic mass is 9.86. The lowest BCUT2D eigenvalue weighted by molar-refractivity contribution is -0.142. The molecule has 1 fully saturated rings. The van der Waals surface area contributed by atoms with Crippen LogP contribution in [-0.2, 0) is 14.4 Å². The Kier molecular flexibility index (Phi) is 8.75. The highest BCUT2D eigenvalue weighted by atomic mass is 19.3. The van der Waals surface area contributed by atoms with Gasteiger partial charge in [-0.15, -0.1) is 0 Å². The first kappa shape index (κ1) is 23.8. The molecule has 3 amide bonds. The van der Waals surface area contributed by atoms with Gasteiger partial charge in [0.25, 0.3) is 0 Å². The number of hydrogen-bond acceptors (Lipinski definition) is 5. The van der Waals surface area contributed by atoms with Crippen molar-refractivity contribution in [1.82, 2.24) is 15.5 Å². The number of carbonyl (C=O) groups excluding carboxylic acids is 3. The quantitative estimate of drug-likeness (QED) is 0.511. The maximum absolute atomic E-state index is 12.8. The van der Waals surface area contributed by atoms with E-state index in [1.165, 1.54) is 4.90 Å². The zero-order chi connectivity index (χ0) is 21.5. The number of carbonyl (C=O) groups is 3. The second-order valence-corrected chi connectivity index (χ2v) is 7.92. The highest BCUT2D eigenvalue weighted by Gasteiger charge is 2.40. The van der Waals surface area contributed by atoms with Gasteiger partial charge in [-0.3, -0.25) is 14.4 Å². The fourth-order valence-electron chi connectivity index (χ4n) is 2.89. The van der Waals surface area contributed by atoms with Crippen molar-refractivity contribution in [3.63, 3.8) is 0 Å². The van der Waals surface area contributed by atoms with E-state index in [4.69, 9.17) is 11.0 Å². The summed E-state index contributed by atoms with van der Waals surface area (Å²) in [6, 6.07) is -1.29. The van der Waals surface area contributed by atoms with E-state index < -0.39 is 48.2 Å². The predicted octanol–water partition coefficient (Wildman–Crippen LogP) is 0.521. The van der Waals surface area contributed by atoms with Gasteiger partial charge in [0, 0.05) is 19.5 Å². The second-order valence-electron chi connectivity index (χ2n) is 7.92. The molecule has 0 saturated carbocycles. The smallest absolute Gasteiger partial charge is 0.243 e. The third kappa shape index (κ3) is 6.71. The summed E-state index contributed by atoms with van der Waals surface area (Å²) < 4.78 is 25.7. The highest BCUT2D eigenvalue weighted by Crippen LogP contribution is 2.24. The van der Waals surface area contributed by atoms with Crippen molar-refractivity contribution in [2.24, 2.45) is 11.1 Å². The van der Waals surface area contributed by atoms with Crippen molar-refractivity contribution in [1.29, 1.82) is 5.26 Å². The minimum atomic E-state index is -2.80. The average molecular weight is 401 g/mol. The zero-order valence-corrected chi connectivity index (χ0v) is 16.5. The van der Waals surface area contributed by atoms with Crippen LogP contribution in [0.5, 0.6) is 0 Å². The lowest BCUT2D eigenvalue weighted by Gasteiger charge is -2.33. The van der Waals surface area contributed by atoms with Crippen molar-refractivity contribution < 1.29 is 23.2 Å². The number of nitriles is 1. The van der Waals surface area contributed by atoms with Gasteiger partial charge in [-0.2, -0.15) is 5.26 Å². The van der Waals surface area contributed by atoms with Gasteiger partial charge in [0.05, 0.1) is 18.5 Å². The summed E-state index contributed by atoms with van der Waals surface area (Å²) >= 11 is 0. The third-order valence-corrected chi connectivity index (χ3v) is 4.62. The van der Waals surface area contributed by atoms with E-state index >= 15 is 0 Å². The van der Waals surface area contributed by atoms with E-state index in [2.05, 4.69) is 10.6 Å². The van der Waals surface area contributed by atoms with Crippen LogP contribution < -0.4 is 16.4 Å². The molecule has 1 aliphatic rings. The van der Waals surface area contributed by atoms with Gasteiger partial charge in [0.2, 0.25) is 24.1 Å². The van der Waals surface area contributed by atoms with Gasteiger partial charge < -0.3 is 21.3 Å². The summed E-state index contributed by atoms with van der Waals surface area (Å²) in [5.41, 5.74) is 5.51. The third-order valence-electron chi connectivity index (χ3n) is 4.62. The normalized spacial score (nSPS) is 19.1. The zero-order valence-electron chi connectivity index (χ0n) is 16.5. The molecule has 1 rings (SSSR count). The Bertz CT molecular complexity index is 615. The fourth-order valence-corrected chi connectivity index (χ4v) is 2.89. The van der Waals surface area contributed by atoms with Crippen molar-refractivity contribution in [3.05, 3.63) is 0 Å². The number of rotatable bonds is 8. The maximum atomic E-state index is 12.8. The highest BCUT2D eigenvalue weighted by molar-refractivity contribution is 5.93. The van der Waals surface area contributed by atoms with Crippen LogP contribution in [0.15, 0.2) is 0 Å². The molecule has 0 unspecified atom stereocenters. The summed E-state index contributed by atoms with van der Waals surface area (Å²) in [6.07, 6.45) is -2.69. The largest absolute Gasteiger partial charge is 0.353 e. The number of alkyl halides is 2. The Balaban J connectivity index is 2.83. The SMILES string of the molecule is CC(C)(C)[C@H](N)C(=O)N1CCC[C@H]1C(=O)N[C@@H](CC(F)F)C(=O)NCCC#N. The fraction of sp³-hybridized carbons (Fsp3) is 0.778. The lowest BCUT2D eigenvalue weighted by Crippen LogP contribution is -2.57. The van der Waals surface area contributed by atoms with Crippen LogP contribution in [0.2, 0.25) is 0 Å². The number of hydrogen-bond donors (Lipinski definition) is 3. The van der Waals surface area contributed by atoms with Crippen LogP contribution in [0, 0.1) is 16.7 Å². The van der Waals surface area contributed by atoms with Gasteiger partial charge in [-0.05, 0) is 18.3 Å². The Labute approximate surface area is 163 Å². The summed E-state index contributed by atoms with van der Waals surface area (Å²) in [6.45, 7) is 5.77. The first-order chi connectivity index (χ1) is 13.0. The van der Waals surface area contributed by atoms with Crippen molar-refractivity contribution >= 4 is 17.7 Å². The van der Waals surface area contributed by atoms with Crippen molar-refractivity contribution in [2.75, 3.05) is 13.1 Å². The molecule has 3 atom stereocenters. The molecule has 1 heterocycles. The molecule has 28 heavy (non-hydrogen) atoms. The summed E-state index contributed by atoms with van der Waals surface area (Å²) in [5, 5.41) is 13.2. The Morgan fingerprint density at radius 2 is 1.96 bits per heavy atom. The van der Waals surface area contributed by atoms with Gasteiger partial charge >= 0.3 is 0 Å². The Hall–Kier alpha value is -2.28. The van der Waals surface area contributed by atoms with E-state index in [0.717, 1.165) is 0 Å². The molecule has 158 valence electrons. The molecular formula is C18H29F2N5O3. The number of nitrogens with zero attached hydrogens (tertiary/aromatic N) is 2. The van der Waals surface area contributed by atoms with Crippen LogP contribution in [0.3, 0.4) is 0 Å². The van der Waals surface area contributed by atoms with Gasteiger partial charge in [0.15, 0.2) is 0 Å². The molecular weight excluding hydrogens is 372 g/mol. The van der Waals surface area contributed by atoms with Crippen LogP contribution >= 0.6 is 0 Å². The molecule has 1 aliphatic heterocycles. The molecule has 8 nitrogen and oxygen atoms in total. The summed E-state index contributed by atoms with van der Waals surface area (Å²) in [4.78, 5) is 38.8. The minimum Gasteiger partial charge on any atom is -0.353 e. The average Bonchev–Trinajstić information content (AvgIpc) is 3.08. The molecule has 0 bridgehead atoms. The van der Waals surface area contributed by atoms with Gasteiger partial charge in [-0.25, -0.2) is 8.78 Å². The standard InChI is InChI=1S/C18H29F2N5O3/c1-18(2,3)14(22)17(28)25-9-4-6-12(25)16(27)24-11(10-13(19)20)15(26)23-8-5-7-21/h11-14H,4-6,8-10,22H2,1-3H3,(H,23,26)(H,24,27)/t11-,12-,14+/m0/s1. The van der Waals surface area contributed by atoms with Crippen molar-refractivity contribution in [2.45, 2.75) is 71.0 Å². The van der Waals surface area contributed by atoms with Gasteiger partial charge in [0.1, 0.15) is 12.1 Å². The van der Waals surface area contributed by atoms with Gasteiger partial charge in [-0.1, -0.05) is 20.8 Å². The Morgan fingerprint density at radius 3 is 2.50 bits per heavy atom. The first-order valence-corrected chi connectivity index (χ1v) is 9.28. The molecule has 0 radical (unpaired) electrons. The molecule has 0 aromatic carbocycles. The number of likely N-dealkylation sites (tertiary alicyclic amines) is 1. The van der Waals surface area contributed by atoms with E-state index in [0.29, 0.717) is 19.4 Å². The van der Waals surface area contributed by atoms with E-state index in [-0.39, 0.29) is 18.9 Å². The number of nitrogens with two attached hydrogens (primary N) is 1. The number of nitrogens with one attached hydrogen (secondary N) is 2. The summed E-state index contributed by atoms with van der Waals surface area (Å²) in [5.74, 6) is -1.83. The van der Waals surface area contributed by atoms with E-state index in [1.807, 2.05) is 26.8 Å². The molecule has 4 N–H and O–H groups in total. The maximum Gasteiger partial charge on any atom is 0.243 e. The first-order valence-electron chi connectivity index (χ1n) is 9.28. The molecule has 0 aliphatic carbocycles. The van der Waals surface area contributed by atoms with Crippen LogP contribution in [0.4, 0.5) is 8.78 Å². The monoisotopic (exact) mass is 401 g/mol. The molecule has 0 aromatic heterocycles. The summed E-state index contributed by atoms with van der Waals surface area (Å²) in [7, 11) is 0. The predicted molar refractivity (Wildman–Crippen MR) is 98.0 cm³/mol. The van der Waals surface area contributed by atoms with Crippen LogP contribution in [0.25, 0.3) is 0 Å². The molecule has 10 heteroatoms. The molecule has 1 saturated heterocycles. The second kappa shape index (κ2) is 10.3. The number of amides is 3. The van der Waals surface area contributed by atoms with Crippen molar-refractivity contribution in [3.8, 4) is 6.07 Å². The topological polar surface area (TPSA) is 128 Å². The number of halogens is 2. The van der Waals surface area contributed by atoms with E-state index in [1.54, 1.807) is 0 Å². The molecule has 0 spiro atoms.